The van der Waals surface area contributed by atoms with Gasteiger partial charge < -0.3 is 25.3 Å². The molecule has 308 valence electrons. The van der Waals surface area contributed by atoms with E-state index in [2.05, 4.69) is 123 Å². The first-order chi connectivity index (χ1) is 26.3. The highest BCUT2D eigenvalue weighted by Gasteiger charge is 2.49. The lowest BCUT2D eigenvalue weighted by molar-refractivity contribution is -0.122. The lowest BCUT2D eigenvalue weighted by Crippen LogP contribution is -2.42. The fraction of sp³-hybridized carbons (Fsp3) is 0.646. The van der Waals surface area contributed by atoms with Crippen molar-refractivity contribution in [1.82, 2.24) is 4.90 Å². The van der Waals surface area contributed by atoms with E-state index < -0.39 is 6.10 Å². The lowest BCUT2D eigenvalue weighted by Gasteiger charge is -2.35. The molecular formula is C48H72N4O4. The summed E-state index contributed by atoms with van der Waals surface area (Å²) >= 11 is 0. The van der Waals surface area contributed by atoms with Gasteiger partial charge >= 0.3 is 0 Å². The number of aliphatic hydroxyl groups is 2. The van der Waals surface area contributed by atoms with Gasteiger partial charge in [0.1, 0.15) is 11.9 Å². The summed E-state index contributed by atoms with van der Waals surface area (Å²) in [7, 11) is 0. The normalized spacial score (nSPS) is 25.7. The number of hydrogen-bond acceptors (Lipinski definition) is 6. The van der Waals surface area contributed by atoms with Gasteiger partial charge in [-0.2, -0.15) is 0 Å². The van der Waals surface area contributed by atoms with Crippen molar-refractivity contribution in [2.45, 2.75) is 184 Å². The number of anilines is 2. The van der Waals surface area contributed by atoms with Gasteiger partial charge in [-0.05, 0) is 103 Å². The summed E-state index contributed by atoms with van der Waals surface area (Å²) in [6, 6.07) is 4.96. The van der Waals surface area contributed by atoms with E-state index in [4.69, 9.17) is 4.99 Å². The number of hydrogen-bond donors (Lipinski definition) is 3. The summed E-state index contributed by atoms with van der Waals surface area (Å²) < 4.78 is 0. The SMILES string of the molecule is CCCCC(CC)C(=O)N=C1C=C2C(=CC1=C1C(O)=C(c3cc4c(cc3NC(=O)C(CC)CCCC)N(C(C)C)C(C)C4(C)C)C1O)C(C)(C)C(C)N2C(C)C. The second-order valence-electron chi connectivity index (χ2n) is 18.6. The van der Waals surface area contributed by atoms with E-state index in [1.165, 1.54) is 0 Å². The number of nitrogens with one attached hydrogen (secondary N) is 1. The molecule has 5 unspecified atom stereocenters. The quantitative estimate of drug-likeness (QED) is 0.174. The standard InChI is InChI=1S/C48H72N4O4/c1-15-19-21-31(17-3)45(55)49-37-25-39-35(47(11,12)29(9)51(39)27(5)6)23-33(37)41-43(53)42(44(41)54)34-24-36-40(52(28(7)8)30(10)48(36,13)14)26-38(34)50-46(56)32(18-4)22-20-16-2/h23-32,43,53-54H,15-22H2,1-14H3,(H,49,55). The average molecular weight is 769 g/mol. The highest BCUT2D eigenvalue weighted by molar-refractivity contribution is 6.18. The molecule has 3 N–H and O–H groups in total. The monoisotopic (exact) mass is 769 g/mol. The Labute approximate surface area is 338 Å². The minimum absolute atomic E-state index is 0.0259. The molecule has 4 aliphatic rings. The van der Waals surface area contributed by atoms with E-state index in [9.17, 15) is 19.8 Å². The van der Waals surface area contributed by atoms with Crippen molar-refractivity contribution in [3.05, 3.63) is 63.6 Å². The zero-order valence-electron chi connectivity index (χ0n) is 37.1. The zero-order chi connectivity index (χ0) is 41.6. The molecule has 0 bridgehead atoms. The van der Waals surface area contributed by atoms with Gasteiger partial charge in [0.2, 0.25) is 11.8 Å². The first kappa shape index (κ1) is 43.5. The first-order valence-corrected chi connectivity index (χ1v) is 21.8. The highest BCUT2D eigenvalue weighted by atomic mass is 16.3. The largest absolute Gasteiger partial charge is 0.507 e. The van der Waals surface area contributed by atoms with Crippen molar-refractivity contribution in [2.75, 3.05) is 10.2 Å². The fourth-order valence-corrected chi connectivity index (χ4v) is 9.66. The predicted octanol–water partition coefficient (Wildman–Crippen LogP) is 10.8. The van der Waals surface area contributed by atoms with Gasteiger partial charge in [0.25, 0.3) is 0 Å². The van der Waals surface area contributed by atoms with Crippen LogP contribution in [0.5, 0.6) is 0 Å². The summed E-state index contributed by atoms with van der Waals surface area (Å²) in [6.45, 7) is 30.5. The number of aliphatic hydroxyl groups excluding tert-OH is 2. The van der Waals surface area contributed by atoms with Crippen LogP contribution in [0.15, 0.2) is 57.5 Å². The molecule has 8 nitrogen and oxygen atoms in total. The summed E-state index contributed by atoms with van der Waals surface area (Å²) in [5, 5.41) is 27.9. The maximum atomic E-state index is 13.9. The van der Waals surface area contributed by atoms with Crippen LogP contribution >= 0.6 is 0 Å². The third kappa shape index (κ3) is 7.44. The van der Waals surface area contributed by atoms with E-state index in [-0.39, 0.29) is 64.4 Å². The Morgan fingerprint density at radius 3 is 1.93 bits per heavy atom. The van der Waals surface area contributed by atoms with Crippen LogP contribution in [0, 0.1) is 17.3 Å². The lowest BCUT2D eigenvalue weighted by atomic mass is 9.73. The van der Waals surface area contributed by atoms with E-state index in [1.54, 1.807) is 0 Å². The molecule has 0 radical (unpaired) electrons. The highest BCUT2D eigenvalue weighted by Crippen LogP contribution is 2.54. The van der Waals surface area contributed by atoms with Crippen molar-refractivity contribution >= 4 is 34.5 Å². The summed E-state index contributed by atoms with van der Waals surface area (Å²) in [5.41, 5.74) is 6.89. The number of carbonyl (C=O) groups excluding carboxylic acids is 2. The molecule has 2 aliphatic heterocycles. The Morgan fingerprint density at radius 2 is 1.39 bits per heavy atom. The maximum Gasteiger partial charge on any atom is 0.249 e. The fourth-order valence-electron chi connectivity index (χ4n) is 9.66. The minimum Gasteiger partial charge on any atom is -0.507 e. The van der Waals surface area contributed by atoms with Crippen molar-refractivity contribution < 1.29 is 19.8 Å². The number of allylic oxidation sites excluding steroid dienone is 4. The molecule has 2 amide bonds. The van der Waals surface area contributed by atoms with Crippen LogP contribution in [0.25, 0.3) is 5.57 Å². The van der Waals surface area contributed by atoms with Crippen LogP contribution in [-0.4, -0.2) is 62.9 Å². The van der Waals surface area contributed by atoms with Crippen molar-refractivity contribution in [3.63, 3.8) is 0 Å². The van der Waals surface area contributed by atoms with Gasteiger partial charge in [0.15, 0.2) is 0 Å². The number of benzene rings is 1. The van der Waals surface area contributed by atoms with Crippen LogP contribution in [0.2, 0.25) is 0 Å². The van der Waals surface area contributed by atoms with Gasteiger partial charge in [-0.15, -0.1) is 0 Å². The number of fused-ring (bicyclic) bond motifs is 2. The molecule has 1 saturated heterocycles. The number of unbranched alkanes of at least 4 members (excludes halogenated alkanes) is 2. The molecule has 0 saturated carbocycles. The van der Waals surface area contributed by atoms with Gasteiger partial charge in [0, 0.05) is 80.5 Å². The van der Waals surface area contributed by atoms with Crippen molar-refractivity contribution in [2.24, 2.45) is 22.2 Å². The Kier molecular flexibility index (Phi) is 12.9. The Hall–Kier alpha value is -3.65. The third-order valence-corrected chi connectivity index (χ3v) is 13.9. The molecule has 1 aromatic rings. The summed E-state index contributed by atoms with van der Waals surface area (Å²) in [5.74, 6) is -0.565. The summed E-state index contributed by atoms with van der Waals surface area (Å²) in [4.78, 5) is 37.4. The van der Waals surface area contributed by atoms with E-state index >= 15 is 0 Å². The van der Waals surface area contributed by atoms with E-state index in [0.717, 1.165) is 67.5 Å². The Bertz CT molecular complexity index is 1860. The van der Waals surface area contributed by atoms with Gasteiger partial charge in [-0.25, -0.2) is 4.99 Å². The minimum atomic E-state index is -1.17. The van der Waals surface area contributed by atoms with Crippen molar-refractivity contribution in [3.8, 4) is 0 Å². The molecule has 5 atom stereocenters. The maximum absolute atomic E-state index is 13.9. The van der Waals surface area contributed by atoms with Gasteiger partial charge in [-0.3, -0.25) is 9.59 Å². The number of amides is 2. The Morgan fingerprint density at radius 1 is 0.821 bits per heavy atom. The first-order valence-electron chi connectivity index (χ1n) is 21.8. The number of aliphatic imine (C=N–C) groups is 1. The third-order valence-electron chi connectivity index (χ3n) is 13.9. The number of carbonyl (C=O) groups is 2. The Balaban J connectivity index is 1.74. The molecule has 0 aromatic heterocycles. The van der Waals surface area contributed by atoms with E-state index in [1.807, 2.05) is 13.0 Å². The van der Waals surface area contributed by atoms with Crippen LogP contribution in [-0.2, 0) is 15.0 Å². The van der Waals surface area contributed by atoms with Gasteiger partial charge in [0.05, 0.1) is 11.4 Å². The molecule has 8 heteroatoms. The second kappa shape index (κ2) is 16.7. The van der Waals surface area contributed by atoms with E-state index in [0.29, 0.717) is 40.1 Å². The molecule has 56 heavy (non-hydrogen) atoms. The number of nitrogens with zero attached hydrogens (tertiary/aromatic N) is 3. The molecule has 1 fully saturated rings. The molecule has 0 spiro atoms. The second-order valence-corrected chi connectivity index (χ2v) is 18.6. The van der Waals surface area contributed by atoms with Crippen molar-refractivity contribution in [1.29, 1.82) is 0 Å². The van der Waals surface area contributed by atoms with Crippen LogP contribution in [0.1, 0.15) is 159 Å². The van der Waals surface area contributed by atoms with Crippen LogP contribution in [0.3, 0.4) is 0 Å². The smallest absolute Gasteiger partial charge is 0.249 e. The average Bonchev–Trinajstić information content (AvgIpc) is 3.45. The summed E-state index contributed by atoms with van der Waals surface area (Å²) in [6.07, 6.45) is 9.87. The number of likely N-dealkylation sites (tertiary alicyclic amines) is 1. The molecule has 5 rings (SSSR count). The molecule has 2 heterocycles. The molecule has 2 aliphatic carbocycles. The van der Waals surface area contributed by atoms with Gasteiger partial charge in [-0.1, -0.05) is 81.1 Å². The number of rotatable bonds is 14. The zero-order valence-corrected chi connectivity index (χ0v) is 37.1. The van der Waals surface area contributed by atoms with Crippen LogP contribution in [0.4, 0.5) is 11.4 Å². The topological polar surface area (TPSA) is 105 Å². The predicted molar refractivity (Wildman–Crippen MR) is 233 cm³/mol. The van der Waals surface area contributed by atoms with Crippen LogP contribution < -0.4 is 10.2 Å². The molecule has 1 aromatic carbocycles. The molecular weight excluding hydrogens is 697 g/mol.